The molecule has 1 saturated heterocycles. The second kappa shape index (κ2) is 7.19. The third-order valence-electron chi connectivity index (χ3n) is 4.99. The number of benzene rings is 2. The fourth-order valence-electron chi connectivity index (χ4n) is 3.55. The third kappa shape index (κ3) is 3.40. The minimum Gasteiger partial charge on any atom is -0.363 e. The van der Waals surface area contributed by atoms with Gasteiger partial charge in [0.05, 0.1) is 4.92 Å². The van der Waals surface area contributed by atoms with Crippen molar-refractivity contribution in [2.75, 3.05) is 11.4 Å². The molecule has 7 nitrogen and oxygen atoms in total. The molecule has 2 heterocycles. The van der Waals surface area contributed by atoms with Crippen molar-refractivity contribution in [1.82, 2.24) is 10.1 Å². The fourth-order valence-corrected chi connectivity index (χ4v) is 3.55. The quantitative estimate of drug-likeness (QED) is 0.493. The molecule has 1 aliphatic heterocycles. The van der Waals surface area contributed by atoms with Crippen molar-refractivity contribution in [3.8, 4) is 22.8 Å². The molecule has 0 aliphatic carbocycles. The Balaban J connectivity index is 1.70. The predicted molar refractivity (Wildman–Crippen MR) is 102 cm³/mol. The Kier molecular flexibility index (Phi) is 4.58. The van der Waals surface area contributed by atoms with E-state index < -0.39 is 0 Å². The molecule has 1 atom stereocenters. The molecule has 0 bridgehead atoms. The molecule has 0 amide bonds. The highest BCUT2D eigenvalue weighted by Gasteiger charge is 2.26. The summed E-state index contributed by atoms with van der Waals surface area (Å²) in [6.07, 6.45) is 3.25. The van der Waals surface area contributed by atoms with Crippen LogP contribution in [0.4, 0.5) is 11.4 Å². The van der Waals surface area contributed by atoms with E-state index in [0.717, 1.165) is 31.4 Å². The smallest absolute Gasteiger partial charge is 0.293 e. The number of anilines is 1. The summed E-state index contributed by atoms with van der Waals surface area (Å²) >= 11 is 0. The molecule has 3 aromatic rings. The molecule has 27 heavy (non-hydrogen) atoms. The van der Waals surface area contributed by atoms with E-state index in [0.29, 0.717) is 17.1 Å². The highest BCUT2D eigenvalue weighted by atomic mass is 16.6. The Labute approximate surface area is 156 Å². The van der Waals surface area contributed by atoms with E-state index in [1.54, 1.807) is 6.07 Å². The maximum Gasteiger partial charge on any atom is 0.293 e. The Bertz CT molecular complexity index is 955. The SMILES string of the molecule is C[C@@H]1CCCCN1c1ccc(-c2nc(-c3ccccc3)no2)cc1[N+](=O)[O-]. The van der Waals surface area contributed by atoms with Crippen molar-refractivity contribution in [1.29, 1.82) is 0 Å². The molecule has 0 radical (unpaired) electrons. The topological polar surface area (TPSA) is 85.3 Å². The van der Waals surface area contributed by atoms with Crippen LogP contribution in [0.25, 0.3) is 22.8 Å². The van der Waals surface area contributed by atoms with E-state index in [1.165, 1.54) is 6.07 Å². The van der Waals surface area contributed by atoms with Gasteiger partial charge in [-0.3, -0.25) is 10.1 Å². The normalized spacial score (nSPS) is 17.1. The Morgan fingerprint density at radius 1 is 1.15 bits per heavy atom. The molecule has 0 N–H and O–H groups in total. The summed E-state index contributed by atoms with van der Waals surface area (Å²) in [6.45, 7) is 2.95. The predicted octanol–water partition coefficient (Wildman–Crippen LogP) is 4.69. The lowest BCUT2D eigenvalue weighted by molar-refractivity contribution is -0.384. The molecule has 0 saturated carbocycles. The zero-order chi connectivity index (χ0) is 18.8. The largest absolute Gasteiger partial charge is 0.363 e. The Morgan fingerprint density at radius 2 is 1.96 bits per heavy atom. The first-order valence-electron chi connectivity index (χ1n) is 9.08. The molecule has 138 valence electrons. The van der Waals surface area contributed by atoms with Crippen LogP contribution in [0.1, 0.15) is 26.2 Å². The van der Waals surface area contributed by atoms with E-state index in [4.69, 9.17) is 4.52 Å². The highest BCUT2D eigenvalue weighted by molar-refractivity contribution is 5.72. The van der Waals surface area contributed by atoms with Gasteiger partial charge in [-0.15, -0.1) is 0 Å². The molecular formula is C20H20N4O3. The minimum atomic E-state index is -0.339. The maximum atomic E-state index is 11.7. The molecule has 1 fully saturated rings. The summed E-state index contributed by atoms with van der Waals surface area (Å²) in [7, 11) is 0. The van der Waals surface area contributed by atoms with Crippen molar-refractivity contribution in [2.24, 2.45) is 0 Å². The number of hydrogen-bond acceptors (Lipinski definition) is 6. The van der Waals surface area contributed by atoms with Gasteiger partial charge in [-0.2, -0.15) is 4.98 Å². The van der Waals surface area contributed by atoms with Crippen LogP contribution in [0.5, 0.6) is 0 Å². The minimum absolute atomic E-state index is 0.0701. The monoisotopic (exact) mass is 364 g/mol. The number of nitro groups is 1. The van der Waals surface area contributed by atoms with Crippen LogP contribution in [-0.2, 0) is 0 Å². The van der Waals surface area contributed by atoms with Crippen molar-refractivity contribution in [2.45, 2.75) is 32.2 Å². The molecule has 4 rings (SSSR count). The molecule has 0 spiro atoms. The zero-order valence-corrected chi connectivity index (χ0v) is 15.0. The van der Waals surface area contributed by atoms with E-state index in [9.17, 15) is 10.1 Å². The third-order valence-corrected chi connectivity index (χ3v) is 4.99. The summed E-state index contributed by atoms with van der Waals surface area (Å²) in [5.74, 6) is 0.733. The summed E-state index contributed by atoms with van der Waals surface area (Å²) < 4.78 is 5.35. The number of nitro benzene ring substituents is 1. The van der Waals surface area contributed by atoms with E-state index in [-0.39, 0.29) is 22.5 Å². The molecule has 2 aromatic carbocycles. The van der Waals surface area contributed by atoms with Crippen molar-refractivity contribution in [3.05, 3.63) is 58.6 Å². The number of hydrogen-bond donors (Lipinski definition) is 0. The van der Waals surface area contributed by atoms with Crippen LogP contribution < -0.4 is 4.90 Å². The van der Waals surface area contributed by atoms with Gasteiger partial charge in [0.15, 0.2) is 0 Å². The fraction of sp³-hybridized carbons (Fsp3) is 0.300. The number of nitrogens with zero attached hydrogens (tertiary/aromatic N) is 4. The van der Waals surface area contributed by atoms with Crippen molar-refractivity contribution < 1.29 is 9.45 Å². The maximum absolute atomic E-state index is 11.7. The van der Waals surface area contributed by atoms with Gasteiger partial charge in [-0.25, -0.2) is 0 Å². The van der Waals surface area contributed by atoms with Gasteiger partial charge in [0.1, 0.15) is 5.69 Å². The highest BCUT2D eigenvalue weighted by Crippen LogP contribution is 2.36. The van der Waals surface area contributed by atoms with Gasteiger partial charge < -0.3 is 9.42 Å². The number of piperidine rings is 1. The van der Waals surface area contributed by atoms with Crippen molar-refractivity contribution in [3.63, 3.8) is 0 Å². The van der Waals surface area contributed by atoms with E-state index in [1.807, 2.05) is 36.4 Å². The lowest BCUT2D eigenvalue weighted by Crippen LogP contribution is -2.37. The van der Waals surface area contributed by atoms with Crippen LogP contribution in [0.15, 0.2) is 53.1 Å². The van der Waals surface area contributed by atoms with Gasteiger partial charge in [-0.1, -0.05) is 35.5 Å². The molecule has 7 heteroatoms. The second-order valence-electron chi connectivity index (χ2n) is 6.79. The summed E-state index contributed by atoms with van der Waals surface area (Å²) in [5, 5.41) is 15.7. The lowest BCUT2D eigenvalue weighted by Gasteiger charge is -2.35. The number of aromatic nitrogens is 2. The summed E-state index contributed by atoms with van der Waals surface area (Å²) in [4.78, 5) is 17.9. The van der Waals surface area contributed by atoms with Gasteiger partial charge in [0.2, 0.25) is 5.82 Å². The van der Waals surface area contributed by atoms with Crippen LogP contribution in [0, 0.1) is 10.1 Å². The van der Waals surface area contributed by atoms with Gasteiger partial charge in [0, 0.05) is 29.8 Å². The Hall–Kier alpha value is -3.22. The molecule has 1 aromatic heterocycles. The summed E-state index contributed by atoms with van der Waals surface area (Å²) in [5.41, 5.74) is 2.10. The first-order valence-corrected chi connectivity index (χ1v) is 9.08. The standard InChI is InChI=1S/C20H20N4O3/c1-14-7-5-6-12-23(14)17-11-10-16(13-18(17)24(25)26)20-21-19(22-27-20)15-8-3-2-4-9-15/h2-4,8-11,13-14H,5-7,12H2,1H3/t14-/m1/s1. The van der Waals surface area contributed by atoms with E-state index in [2.05, 4.69) is 22.0 Å². The first kappa shape index (κ1) is 17.2. The van der Waals surface area contributed by atoms with Gasteiger partial charge >= 0.3 is 0 Å². The first-order chi connectivity index (χ1) is 13.1. The Morgan fingerprint density at radius 3 is 2.70 bits per heavy atom. The van der Waals surface area contributed by atoms with Crippen molar-refractivity contribution >= 4 is 11.4 Å². The number of rotatable bonds is 4. The average Bonchev–Trinajstić information content (AvgIpc) is 3.19. The van der Waals surface area contributed by atoms with Crippen LogP contribution >= 0.6 is 0 Å². The van der Waals surface area contributed by atoms with Crippen LogP contribution in [0.2, 0.25) is 0 Å². The lowest BCUT2D eigenvalue weighted by atomic mass is 10.0. The summed E-state index contributed by atoms with van der Waals surface area (Å²) in [6, 6.07) is 14.9. The van der Waals surface area contributed by atoms with Crippen LogP contribution in [0.3, 0.4) is 0 Å². The van der Waals surface area contributed by atoms with Gasteiger partial charge in [0.25, 0.3) is 11.6 Å². The average molecular weight is 364 g/mol. The van der Waals surface area contributed by atoms with E-state index >= 15 is 0 Å². The van der Waals surface area contributed by atoms with Crippen LogP contribution in [-0.4, -0.2) is 27.7 Å². The van der Waals surface area contributed by atoms with Gasteiger partial charge in [-0.05, 0) is 38.3 Å². The molecule has 0 unspecified atom stereocenters. The molecular weight excluding hydrogens is 344 g/mol. The second-order valence-corrected chi connectivity index (χ2v) is 6.79. The zero-order valence-electron chi connectivity index (χ0n) is 15.0. The molecule has 1 aliphatic rings.